The molecule has 0 aliphatic heterocycles. The van der Waals surface area contributed by atoms with Gasteiger partial charge in [-0.2, -0.15) is 0 Å². The fraction of sp³-hybridized carbons (Fsp3) is 0.263. The van der Waals surface area contributed by atoms with Crippen molar-refractivity contribution in [1.82, 2.24) is 5.32 Å². The van der Waals surface area contributed by atoms with E-state index in [1.807, 2.05) is 45.0 Å². The highest BCUT2D eigenvalue weighted by molar-refractivity contribution is 7.80. The molecule has 0 aromatic heterocycles. The van der Waals surface area contributed by atoms with Gasteiger partial charge < -0.3 is 20.1 Å². The topological polar surface area (TPSA) is 59.6 Å². The lowest BCUT2D eigenvalue weighted by molar-refractivity contribution is 0.0523. The maximum atomic E-state index is 11.7. The quantitative estimate of drug-likeness (QED) is 0.705. The van der Waals surface area contributed by atoms with E-state index in [0.29, 0.717) is 17.3 Å². The molecule has 0 saturated carbocycles. The number of carbonyl (C=O) groups excluding carboxylic acids is 1. The summed E-state index contributed by atoms with van der Waals surface area (Å²) >= 11 is 11.0. The molecular weight excluding hydrogens is 372 g/mol. The molecule has 0 aliphatic rings. The number of hydrogen-bond acceptors (Lipinski definition) is 4. The summed E-state index contributed by atoms with van der Waals surface area (Å²) in [6.45, 7) is 5.84. The molecule has 0 fully saturated rings. The maximum Gasteiger partial charge on any atom is 0.407 e. The minimum absolute atomic E-state index is 0.229. The van der Waals surface area contributed by atoms with E-state index in [9.17, 15) is 4.79 Å². The Morgan fingerprint density at radius 3 is 2.27 bits per heavy atom. The molecule has 2 N–H and O–H groups in total. The zero-order chi connectivity index (χ0) is 19.2. The van der Waals surface area contributed by atoms with Crippen molar-refractivity contribution >= 4 is 40.8 Å². The summed E-state index contributed by atoms with van der Waals surface area (Å²) in [5.41, 5.74) is 1.20. The number of alkyl carbamates (subject to hydrolysis) is 1. The number of thiocarbonyl (C=S) groups is 1. The normalized spacial score (nSPS) is 10.8. The van der Waals surface area contributed by atoms with Crippen molar-refractivity contribution < 1.29 is 14.3 Å². The zero-order valence-corrected chi connectivity index (χ0v) is 16.4. The molecule has 0 saturated heterocycles. The van der Waals surface area contributed by atoms with Gasteiger partial charge >= 0.3 is 6.09 Å². The largest absolute Gasteiger partial charge is 0.444 e. The van der Waals surface area contributed by atoms with Gasteiger partial charge in [0.15, 0.2) is 0 Å². The molecule has 26 heavy (non-hydrogen) atoms. The molecule has 0 bridgehead atoms. The Morgan fingerprint density at radius 1 is 1.08 bits per heavy atom. The Kier molecular flexibility index (Phi) is 6.83. The van der Waals surface area contributed by atoms with E-state index in [2.05, 4.69) is 10.6 Å². The number of nitrogens with one attached hydrogen (secondary N) is 2. The molecule has 0 spiro atoms. The predicted octanol–water partition coefficient (Wildman–Crippen LogP) is 5.14. The number of ether oxygens (including phenoxy) is 2. The standard InChI is InChI=1S/C19H21ClN2O3S/c1-19(2,3)25-17(23)21-12-13-4-8-15(9-5-13)22-18(26)24-16-10-6-14(20)7-11-16/h4-11H,12H2,1-3H3,(H,21,23)(H,22,26). The van der Waals surface area contributed by atoms with Crippen LogP contribution in [0.5, 0.6) is 5.75 Å². The lowest BCUT2D eigenvalue weighted by Gasteiger charge is -2.19. The summed E-state index contributed by atoms with van der Waals surface area (Å²) in [6, 6.07) is 14.4. The van der Waals surface area contributed by atoms with Crippen molar-refractivity contribution in [3.63, 3.8) is 0 Å². The predicted molar refractivity (Wildman–Crippen MR) is 108 cm³/mol. The first-order chi connectivity index (χ1) is 12.2. The first-order valence-electron chi connectivity index (χ1n) is 8.01. The van der Waals surface area contributed by atoms with E-state index in [0.717, 1.165) is 11.3 Å². The summed E-state index contributed by atoms with van der Waals surface area (Å²) in [5.74, 6) is 0.602. The van der Waals surface area contributed by atoms with Gasteiger partial charge in [0.25, 0.3) is 5.17 Å². The van der Waals surface area contributed by atoms with Crippen LogP contribution in [0.3, 0.4) is 0 Å². The first kappa shape index (κ1) is 20.0. The van der Waals surface area contributed by atoms with Gasteiger partial charge in [-0.15, -0.1) is 0 Å². The second kappa shape index (κ2) is 8.87. The van der Waals surface area contributed by atoms with Gasteiger partial charge in [-0.1, -0.05) is 23.7 Å². The second-order valence-electron chi connectivity index (χ2n) is 6.52. The van der Waals surface area contributed by atoms with Gasteiger partial charge in [0.05, 0.1) is 0 Å². The van der Waals surface area contributed by atoms with Gasteiger partial charge in [-0.25, -0.2) is 4.79 Å². The number of halogens is 1. The molecule has 1 amide bonds. The van der Waals surface area contributed by atoms with E-state index in [1.54, 1.807) is 24.3 Å². The summed E-state index contributed by atoms with van der Waals surface area (Å²) in [6.07, 6.45) is -0.447. The van der Waals surface area contributed by atoms with Crippen molar-refractivity contribution in [2.75, 3.05) is 5.32 Å². The fourth-order valence-corrected chi connectivity index (χ4v) is 2.29. The molecule has 0 unspecified atom stereocenters. The van der Waals surface area contributed by atoms with Crippen LogP contribution in [0.1, 0.15) is 26.3 Å². The highest BCUT2D eigenvalue weighted by Crippen LogP contribution is 2.17. The van der Waals surface area contributed by atoms with Gasteiger partial charge in [-0.05, 0) is 75.0 Å². The molecule has 7 heteroatoms. The highest BCUT2D eigenvalue weighted by Gasteiger charge is 2.15. The molecule has 0 atom stereocenters. The lowest BCUT2D eigenvalue weighted by atomic mass is 10.2. The van der Waals surface area contributed by atoms with Crippen LogP contribution in [-0.4, -0.2) is 16.9 Å². The SMILES string of the molecule is CC(C)(C)OC(=O)NCc1ccc(NC(=S)Oc2ccc(Cl)cc2)cc1. The molecule has 0 aliphatic carbocycles. The van der Waals surface area contributed by atoms with Crippen LogP contribution in [0, 0.1) is 0 Å². The summed E-state index contributed by atoms with van der Waals surface area (Å²) in [7, 11) is 0. The van der Waals surface area contributed by atoms with E-state index in [-0.39, 0.29) is 5.17 Å². The average molecular weight is 393 g/mol. The van der Waals surface area contributed by atoms with E-state index >= 15 is 0 Å². The van der Waals surface area contributed by atoms with Crippen LogP contribution < -0.4 is 15.4 Å². The van der Waals surface area contributed by atoms with Crippen LogP contribution in [0.2, 0.25) is 5.02 Å². The van der Waals surface area contributed by atoms with Crippen LogP contribution in [-0.2, 0) is 11.3 Å². The minimum atomic E-state index is -0.516. The Hall–Kier alpha value is -2.31. The smallest absolute Gasteiger partial charge is 0.407 e. The molecule has 0 heterocycles. The van der Waals surface area contributed by atoms with Gasteiger partial charge in [-0.3, -0.25) is 0 Å². The Bertz CT molecular complexity index is 756. The third-order valence-electron chi connectivity index (χ3n) is 3.06. The molecule has 2 rings (SSSR count). The first-order valence-corrected chi connectivity index (χ1v) is 8.80. The molecule has 0 radical (unpaired) electrons. The fourth-order valence-electron chi connectivity index (χ4n) is 1.95. The Balaban J connectivity index is 1.82. The third kappa shape index (κ3) is 7.29. The number of rotatable bonds is 4. The molecular formula is C19H21ClN2O3S. The average Bonchev–Trinajstić information content (AvgIpc) is 2.55. The van der Waals surface area contributed by atoms with Gasteiger partial charge in [0.1, 0.15) is 11.4 Å². The molecule has 2 aromatic carbocycles. The van der Waals surface area contributed by atoms with Crippen molar-refractivity contribution in [2.45, 2.75) is 32.9 Å². The number of hydrogen-bond donors (Lipinski definition) is 2. The van der Waals surface area contributed by atoms with Crippen LogP contribution >= 0.6 is 23.8 Å². The molecule has 2 aromatic rings. The summed E-state index contributed by atoms with van der Waals surface area (Å²) in [5, 5.41) is 6.56. The van der Waals surface area contributed by atoms with Crippen LogP contribution in [0.15, 0.2) is 48.5 Å². The zero-order valence-electron chi connectivity index (χ0n) is 14.8. The second-order valence-corrected chi connectivity index (χ2v) is 7.33. The maximum absolute atomic E-state index is 11.7. The molecule has 5 nitrogen and oxygen atoms in total. The van der Waals surface area contributed by atoms with Crippen molar-refractivity contribution in [1.29, 1.82) is 0 Å². The number of amides is 1. The molecule has 138 valence electrons. The Labute approximate surface area is 163 Å². The van der Waals surface area contributed by atoms with E-state index < -0.39 is 11.7 Å². The van der Waals surface area contributed by atoms with Gasteiger partial charge in [0, 0.05) is 17.3 Å². The Morgan fingerprint density at radius 2 is 1.69 bits per heavy atom. The summed E-state index contributed by atoms with van der Waals surface area (Å²) in [4.78, 5) is 11.7. The van der Waals surface area contributed by atoms with Crippen LogP contribution in [0.25, 0.3) is 0 Å². The van der Waals surface area contributed by atoms with Crippen molar-refractivity contribution in [3.05, 3.63) is 59.1 Å². The van der Waals surface area contributed by atoms with Crippen molar-refractivity contribution in [3.8, 4) is 5.75 Å². The summed E-state index contributed by atoms with van der Waals surface area (Å²) < 4.78 is 10.7. The minimum Gasteiger partial charge on any atom is -0.444 e. The monoisotopic (exact) mass is 392 g/mol. The van der Waals surface area contributed by atoms with Gasteiger partial charge in [0.2, 0.25) is 0 Å². The van der Waals surface area contributed by atoms with Crippen LogP contribution in [0.4, 0.5) is 10.5 Å². The number of benzene rings is 2. The lowest BCUT2D eigenvalue weighted by Crippen LogP contribution is -2.32. The third-order valence-corrected chi connectivity index (χ3v) is 3.50. The van der Waals surface area contributed by atoms with E-state index in [4.69, 9.17) is 33.3 Å². The van der Waals surface area contributed by atoms with Crippen molar-refractivity contribution in [2.24, 2.45) is 0 Å². The number of anilines is 1. The van der Waals surface area contributed by atoms with E-state index in [1.165, 1.54) is 0 Å². The number of carbonyl (C=O) groups is 1. The highest BCUT2D eigenvalue weighted by atomic mass is 35.5.